The largest absolute Gasteiger partial charge is 0.394 e. The number of para-hydroxylation sites is 1. The van der Waals surface area contributed by atoms with Crippen LogP contribution < -0.4 is 10.2 Å². The van der Waals surface area contributed by atoms with E-state index in [4.69, 9.17) is 16.3 Å². The average Bonchev–Trinajstić information content (AvgIpc) is 3.84. The van der Waals surface area contributed by atoms with Gasteiger partial charge in [-0.25, -0.2) is 0 Å². The van der Waals surface area contributed by atoms with E-state index in [0.717, 1.165) is 34.9 Å². The van der Waals surface area contributed by atoms with Crippen LogP contribution in [0.3, 0.4) is 0 Å². The number of halogens is 2. The number of aromatic amines is 1. The summed E-state index contributed by atoms with van der Waals surface area (Å²) in [5, 5.41) is 14.2. The lowest BCUT2D eigenvalue weighted by Crippen LogP contribution is -2.45. The first-order valence-electron chi connectivity index (χ1n) is 17.2. The van der Waals surface area contributed by atoms with Crippen molar-refractivity contribution in [3.8, 4) is 0 Å². The summed E-state index contributed by atoms with van der Waals surface area (Å²) in [4.78, 5) is 47.7. The van der Waals surface area contributed by atoms with Crippen molar-refractivity contribution in [1.82, 2.24) is 9.88 Å². The minimum atomic E-state index is -3.48. The molecule has 9 nitrogen and oxygen atoms in total. The van der Waals surface area contributed by atoms with Gasteiger partial charge in [-0.1, -0.05) is 48.9 Å². The molecule has 4 heterocycles. The summed E-state index contributed by atoms with van der Waals surface area (Å²) in [5.41, 5.74) is 2.42. The number of carbonyl (C=O) groups excluding carboxylic acids is 3. The SMILES string of the molecule is C[C@@H]1[C@@H]([Si](C)(C)F)[C@H](CC(=O)N2CCC[C@H]2CO)O[C@@]12C(=O)N(Cc1ccc(NC(=O)Cc3c[nH]c4ccccc34)cc1)c1ccc(Cl)cc12. The van der Waals surface area contributed by atoms with Crippen LogP contribution in [-0.2, 0) is 37.7 Å². The number of nitrogens with zero attached hydrogens (tertiary/aromatic N) is 2. The molecule has 50 heavy (non-hydrogen) atoms. The molecule has 7 rings (SSSR count). The van der Waals surface area contributed by atoms with Crippen molar-refractivity contribution < 1.29 is 28.3 Å². The normalized spacial score (nSPS) is 24.8. The fraction of sp³-hybridized carbons (Fsp3) is 0.395. The number of fused-ring (bicyclic) bond motifs is 3. The lowest BCUT2D eigenvalue weighted by Gasteiger charge is -2.31. The molecule has 3 aromatic carbocycles. The third-order valence-electron chi connectivity index (χ3n) is 10.8. The molecule has 3 aliphatic heterocycles. The van der Waals surface area contributed by atoms with Crippen molar-refractivity contribution in [2.75, 3.05) is 23.4 Å². The number of ether oxygens (including phenoxy) is 1. The molecule has 0 radical (unpaired) electrons. The van der Waals surface area contributed by atoms with Gasteiger partial charge in [0.25, 0.3) is 5.91 Å². The van der Waals surface area contributed by atoms with Crippen LogP contribution in [0.15, 0.2) is 72.9 Å². The monoisotopic (exact) mass is 716 g/mol. The molecule has 1 spiro atoms. The van der Waals surface area contributed by atoms with Crippen LogP contribution in [0.5, 0.6) is 0 Å². The summed E-state index contributed by atoms with van der Waals surface area (Å²) in [7, 11) is -3.48. The number of H-pyrrole nitrogens is 1. The molecule has 2 fully saturated rings. The average molecular weight is 717 g/mol. The second-order valence-corrected chi connectivity index (χ2v) is 18.6. The number of amides is 3. The molecule has 5 atom stereocenters. The minimum absolute atomic E-state index is 0.0652. The maximum absolute atomic E-state index is 16.2. The molecule has 0 unspecified atom stereocenters. The molecule has 3 amide bonds. The Morgan fingerprint density at radius 1 is 1.14 bits per heavy atom. The summed E-state index contributed by atoms with van der Waals surface area (Å²) < 4.78 is 23.0. The van der Waals surface area contributed by atoms with Crippen molar-refractivity contribution in [2.45, 2.75) is 75.5 Å². The molecule has 12 heteroatoms. The maximum atomic E-state index is 16.2. The van der Waals surface area contributed by atoms with Gasteiger partial charge in [-0.15, -0.1) is 0 Å². The van der Waals surface area contributed by atoms with Crippen molar-refractivity contribution in [1.29, 1.82) is 0 Å². The quantitative estimate of drug-likeness (QED) is 0.132. The Labute approximate surface area is 296 Å². The molecule has 0 saturated carbocycles. The van der Waals surface area contributed by atoms with Gasteiger partial charge >= 0.3 is 0 Å². The molecular formula is C38H42ClFN4O5Si. The number of hydrogen-bond donors (Lipinski definition) is 3. The molecule has 3 N–H and O–H groups in total. The zero-order valence-electron chi connectivity index (χ0n) is 28.4. The van der Waals surface area contributed by atoms with Gasteiger partial charge < -0.3 is 34.1 Å². The van der Waals surface area contributed by atoms with Crippen LogP contribution in [0.1, 0.15) is 42.9 Å². The number of anilines is 2. The number of carbonyl (C=O) groups is 3. The van der Waals surface area contributed by atoms with Crippen LogP contribution in [0.25, 0.3) is 10.9 Å². The van der Waals surface area contributed by atoms with Gasteiger partial charge in [0, 0.05) is 51.4 Å². The first kappa shape index (κ1) is 34.4. The highest BCUT2D eigenvalue weighted by Gasteiger charge is 2.67. The Morgan fingerprint density at radius 3 is 2.64 bits per heavy atom. The zero-order valence-corrected chi connectivity index (χ0v) is 30.2. The third-order valence-corrected chi connectivity index (χ3v) is 13.5. The maximum Gasteiger partial charge on any atom is 0.264 e. The Kier molecular flexibility index (Phi) is 9.13. The standard InChI is InChI=1S/C38H42ClFN4O5Si/c1-23-36(50(2,3)40)33(19-35(47)43-16-6-7-28(43)22-45)49-38(23)30-18-26(39)12-15-32(30)44(37(38)48)21-24-10-13-27(14-11-24)42-34(46)17-25-20-41-31-9-5-4-8-29(25)31/h4-5,8-15,18,20,23,28,33,36,41,45H,6-7,16-17,19,21-22H2,1-3H3,(H,42,46)/t23-,28+,33+,36-,38+/m1/s1. The van der Waals surface area contributed by atoms with Crippen molar-refractivity contribution in [3.05, 3.63) is 94.6 Å². The molecule has 0 aliphatic carbocycles. The van der Waals surface area contributed by atoms with E-state index in [1.165, 1.54) is 0 Å². The van der Waals surface area contributed by atoms with Crippen LogP contribution in [-0.4, -0.2) is 66.4 Å². The third kappa shape index (κ3) is 6.04. The first-order valence-corrected chi connectivity index (χ1v) is 20.6. The van der Waals surface area contributed by atoms with Gasteiger partial charge in [-0.2, -0.15) is 0 Å². The fourth-order valence-corrected chi connectivity index (χ4v) is 11.2. The predicted octanol–water partition coefficient (Wildman–Crippen LogP) is 6.70. The van der Waals surface area contributed by atoms with E-state index in [-0.39, 0.29) is 49.8 Å². The predicted molar refractivity (Wildman–Crippen MR) is 194 cm³/mol. The summed E-state index contributed by atoms with van der Waals surface area (Å²) in [5.74, 6) is -1.22. The van der Waals surface area contributed by atoms with Crippen LogP contribution in [0, 0.1) is 5.92 Å². The first-order chi connectivity index (χ1) is 23.9. The minimum Gasteiger partial charge on any atom is -0.394 e. The fourth-order valence-electron chi connectivity index (χ4n) is 8.55. The molecule has 0 bridgehead atoms. The summed E-state index contributed by atoms with van der Waals surface area (Å²) in [6.45, 7) is 5.70. The number of benzene rings is 3. The van der Waals surface area contributed by atoms with Gasteiger partial charge in [-0.05, 0) is 73.5 Å². The smallest absolute Gasteiger partial charge is 0.264 e. The Hall–Kier alpha value is -4.03. The van der Waals surface area contributed by atoms with Crippen LogP contribution in [0.4, 0.5) is 15.5 Å². The number of likely N-dealkylation sites (tertiary alicyclic amines) is 1. The van der Waals surface area contributed by atoms with Gasteiger partial charge in [0.2, 0.25) is 20.2 Å². The van der Waals surface area contributed by atoms with Gasteiger partial charge in [0.15, 0.2) is 5.60 Å². The van der Waals surface area contributed by atoms with E-state index in [1.807, 2.05) is 61.7 Å². The molecule has 3 aliphatic rings. The molecule has 262 valence electrons. The molecular weight excluding hydrogens is 675 g/mol. The van der Waals surface area contributed by atoms with E-state index in [0.29, 0.717) is 28.5 Å². The zero-order chi connectivity index (χ0) is 35.4. The molecule has 1 aromatic heterocycles. The van der Waals surface area contributed by atoms with Crippen LogP contribution >= 0.6 is 11.6 Å². The number of aromatic nitrogens is 1. The lowest BCUT2D eigenvalue weighted by molar-refractivity contribution is -0.150. The van der Waals surface area contributed by atoms with Crippen molar-refractivity contribution >= 4 is 60.0 Å². The van der Waals surface area contributed by atoms with E-state index < -0.39 is 31.6 Å². The Balaban J connectivity index is 1.12. The Morgan fingerprint density at radius 2 is 1.90 bits per heavy atom. The highest BCUT2D eigenvalue weighted by molar-refractivity contribution is 6.72. The van der Waals surface area contributed by atoms with Crippen molar-refractivity contribution in [2.24, 2.45) is 5.92 Å². The summed E-state index contributed by atoms with van der Waals surface area (Å²) in [6.07, 6.45) is 2.72. The van der Waals surface area contributed by atoms with E-state index in [2.05, 4.69) is 10.3 Å². The number of rotatable bonds is 9. The van der Waals surface area contributed by atoms with Gasteiger partial charge in [0.05, 0.1) is 43.8 Å². The number of aliphatic hydroxyl groups excluding tert-OH is 1. The van der Waals surface area contributed by atoms with E-state index in [1.54, 1.807) is 41.1 Å². The summed E-state index contributed by atoms with van der Waals surface area (Å²) >= 11 is 6.51. The number of nitrogens with one attached hydrogen (secondary N) is 2. The highest BCUT2D eigenvalue weighted by Crippen LogP contribution is 2.60. The van der Waals surface area contributed by atoms with E-state index >= 15 is 4.11 Å². The van der Waals surface area contributed by atoms with E-state index in [9.17, 15) is 19.5 Å². The number of hydrogen-bond acceptors (Lipinski definition) is 5. The molecule has 2 saturated heterocycles. The summed E-state index contributed by atoms with van der Waals surface area (Å²) in [6, 6.07) is 20.2. The topological polar surface area (TPSA) is 115 Å². The Bertz CT molecular complexity index is 1950. The lowest BCUT2D eigenvalue weighted by atomic mass is 9.82. The van der Waals surface area contributed by atoms with Gasteiger partial charge in [-0.3, -0.25) is 14.4 Å². The van der Waals surface area contributed by atoms with Gasteiger partial charge in [0.1, 0.15) is 0 Å². The molecule has 4 aromatic rings. The second-order valence-electron chi connectivity index (χ2n) is 14.4. The van der Waals surface area contributed by atoms with Crippen molar-refractivity contribution in [3.63, 3.8) is 0 Å². The van der Waals surface area contributed by atoms with Crippen LogP contribution in [0.2, 0.25) is 23.7 Å². The second kappa shape index (κ2) is 13.3. The number of aliphatic hydroxyl groups is 1. The highest BCUT2D eigenvalue weighted by atomic mass is 35.5.